The van der Waals surface area contributed by atoms with Crippen molar-refractivity contribution < 1.29 is 9.47 Å². The van der Waals surface area contributed by atoms with E-state index in [-0.39, 0.29) is 12.0 Å². The molecule has 100 valence electrons. The highest BCUT2D eigenvalue weighted by Gasteiger charge is 2.08. The fourth-order valence-electron chi connectivity index (χ4n) is 1.56. The van der Waals surface area contributed by atoms with Crippen LogP contribution in [0.1, 0.15) is 5.56 Å². The first-order chi connectivity index (χ1) is 9.12. The van der Waals surface area contributed by atoms with E-state index in [4.69, 9.17) is 15.2 Å². The number of nitrogen functional groups attached to an aromatic ring is 1. The van der Waals surface area contributed by atoms with Crippen LogP contribution in [0.5, 0.6) is 11.8 Å². The molecule has 1 heterocycles. The van der Waals surface area contributed by atoms with E-state index in [1.807, 2.05) is 25.1 Å². The van der Waals surface area contributed by atoms with Crippen molar-refractivity contribution in [3.63, 3.8) is 0 Å². The van der Waals surface area contributed by atoms with Gasteiger partial charge in [0.25, 0.3) is 0 Å². The highest BCUT2D eigenvalue weighted by Crippen LogP contribution is 2.27. The van der Waals surface area contributed by atoms with Crippen LogP contribution in [0.15, 0.2) is 18.2 Å². The van der Waals surface area contributed by atoms with Gasteiger partial charge in [0.15, 0.2) is 0 Å². The third-order valence-electron chi connectivity index (χ3n) is 2.42. The molecule has 2 rings (SSSR count). The third-order valence-corrected chi connectivity index (χ3v) is 2.42. The summed E-state index contributed by atoms with van der Waals surface area (Å²) in [4.78, 5) is 11.9. The van der Waals surface area contributed by atoms with Crippen molar-refractivity contribution in [2.75, 3.05) is 25.3 Å². The summed E-state index contributed by atoms with van der Waals surface area (Å²) >= 11 is 0. The summed E-state index contributed by atoms with van der Waals surface area (Å²) in [5, 5.41) is 3.03. The highest BCUT2D eigenvalue weighted by atomic mass is 16.5. The molecule has 0 bridgehead atoms. The summed E-state index contributed by atoms with van der Waals surface area (Å²) in [6.07, 6.45) is 0. The van der Waals surface area contributed by atoms with E-state index >= 15 is 0 Å². The van der Waals surface area contributed by atoms with E-state index in [0.717, 1.165) is 11.3 Å². The Morgan fingerprint density at radius 2 is 1.89 bits per heavy atom. The Labute approximate surface area is 110 Å². The number of methoxy groups -OCH3 is 2. The maximum Gasteiger partial charge on any atom is 0.322 e. The van der Waals surface area contributed by atoms with Gasteiger partial charge in [0.05, 0.1) is 19.9 Å². The van der Waals surface area contributed by atoms with Crippen LogP contribution in [-0.4, -0.2) is 29.2 Å². The molecular weight excluding hydrogens is 246 g/mol. The Balaban J connectivity index is 2.35. The second kappa shape index (κ2) is 5.38. The Hall–Kier alpha value is -2.57. The normalized spacial score (nSPS) is 10.1. The van der Waals surface area contributed by atoms with Crippen LogP contribution in [-0.2, 0) is 0 Å². The number of aromatic nitrogens is 3. The van der Waals surface area contributed by atoms with Crippen molar-refractivity contribution in [1.82, 2.24) is 15.0 Å². The maximum atomic E-state index is 5.58. The standard InChI is InChI=1S/C12H15N5O2/c1-7-4-5-9(18-2)8(6-7)14-11-15-10(13)16-12(17-11)19-3/h4-6H,1-3H3,(H3,13,14,15,16,17). The van der Waals surface area contributed by atoms with E-state index in [1.165, 1.54) is 7.11 Å². The molecule has 1 aromatic heterocycles. The van der Waals surface area contributed by atoms with Crippen molar-refractivity contribution in [2.45, 2.75) is 6.92 Å². The number of anilines is 3. The zero-order valence-corrected chi connectivity index (χ0v) is 11.0. The van der Waals surface area contributed by atoms with Crippen LogP contribution in [0.2, 0.25) is 0 Å². The van der Waals surface area contributed by atoms with E-state index in [1.54, 1.807) is 7.11 Å². The summed E-state index contributed by atoms with van der Waals surface area (Å²) in [5.74, 6) is 1.07. The number of rotatable bonds is 4. The fraction of sp³-hybridized carbons (Fsp3) is 0.250. The van der Waals surface area contributed by atoms with Crippen molar-refractivity contribution in [3.8, 4) is 11.8 Å². The van der Waals surface area contributed by atoms with Crippen LogP contribution < -0.4 is 20.5 Å². The number of nitrogens with one attached hydrogen (secondary N) is 1. The van der Waals surface area contributed by atoms with Gasteiger partial charge in [-0.05, 0) is 24.6 Å². The van der Waals surface area contributed by atoms with Gasteiger partial charge in [-0.25, -0.2) is 0 Å². The molecule has 7 nitrogen and oxygen atoms in total. The molecule has 0 aliphatic carbocycles. The van der Waals surface area contributed by atoms with Crippen molar-refractivity contribution >= 4 is 17.6 Å². The first kappa shape index (κ1) is 12.9. The topological polar surface area (TPSA) is 95.2 Å². The van der Waals surface area contributed by atoms with Crippen molar-refractivity contribution in [1.29, 1.82) is 0 Å². The monoisotopic (exact) mass is 261 g/mol. The molecule has 0 atom stereocenters. The number of hydrogen-bond donors (Lipinski definition) is 2. The van der Waals surface area contributed by atoms with Crippen LogP contribution >= 0.6 is 0 Å². The average Bonchev–Trinajstić information content (AvgIpc) is 2.38. The Morgan fingerprint density at radius 1 is 1.11 bits per heavy atom. The number of nitrogens with two attached hydrogens (primary N) is 1. The quantitative estimate of drug-likeness (QED) is 0.861. The Kier molecular flexibility index (Phi) is 3.65. The number of aryl methyl sites for hydroxylation is 1. The van der Waals surface area contributed by atoms with Crippen LogP contribution in [0, 0.1) is 6.92 Å². The number of nitrogens with zero attached hydrogens (tertiary/aromatic N) is 3. The summed E-state index contributed by atoms with van der Waals surface area (Å²) in [5.41, 5.74) is 7.40. The predicted molar refractivity (Wildman–Crippen MR) is 71.8 cm³/mol. The van der Waals surface area contributed by atoms with E-state index < -0.39 is 0 Å². The van der Waals surface area contributed by atoms with Gasteiger partial charge >= 0.3 is 6.01 Å². The number of ether oxygens (including phenoxy) is 2. The summed E-state index contributed by atoms with van der Waals surface area (Å²) in [6, 6.07) is 5.89. The lowest BCUT2D eigenvalue weighted by Crippen LogP contribution is -2.05. The minimum Gasteiger partial charge on any atom is -0.495 e. The molecule has 0 unspecified atom stereocenters. The molecule has 0 spiro atoms. The molecule has 0 aliphatic rings. The van der Waals surface area contributed by atoms with E-state index in [9.17, 15) is 0 Å². The van der Waals surface area contributed by atoms with Gasteiger partial charge in [-0.3, -0.25) is 0 Å². The first-order valence-corrected chi connectivity index (χ1v) is 5.59. The molecule has 7 heteroatoms. The molecule has 0 radical (unpaired) electrons. The zero-order chi connectivity index (χ0) is 13.8. The van der Waals surface area contributed by atoms with Gasteiger partial charge in [-0.2, -0.15) is 15.0 Å². The van der Waals surface area contributed by atoms with Crippen LogP contribution in [0.3, 0.4) is 0 Å². The SMILES string of the molecule is COc1nc(N)nc(Nc2cc(C)ccc2OC)n1. The predicted octanol–water partition coefficient (Wildman–Crippen LogP) is 1.52. The molecule has 0 fully saturated rings. The third kappa shape index (κ3) is 3.01. The molecule has 0 saturated carbocycles. The van der Waals surface area contributed by atoms with Gasteiger partial charge in [-0.15, -0.1) is 0 Å². The molecule has 19 heavy (non-hydrogen) atoms. The lowest BCUT2D eigenvalue weighted by molar-refractivity contribution is 0.380. The Morgan fingerprint density at radius 3 is 2.58 bits per heavy atom. The molecule has 2 aromatic rings. The minimum absolute atomic E-state index is 0.0842. The van der Waals surface area contributed by atoms with Gasteiger partial charge < -0.3 is 20.5 Å². The molecular formula is C12H15N5O2. The van der Waals surface area contributed by atoms with Gasteiger partial charge in [-0.1, -0.05) is 6.07 Å². The lowest BCUT2D eigenvalue weighted by atomic mass is 10.2. The Bertz CT molecular complexity index is 588. The van der Waals surface area contributed by atoms with E-state index in [0.29, 0.717) is 11.7 Å². The molecule has 0 saturated heterocycles. The zero-order valence-electron chi connectivity index (χ0n) is 11.0. The largest absolute Gasteiger partial charge is 0.495 e. The minimum atomic E-state index is 0.0842. The smallest absolute Gasteiger partial charge is 0.322 e. The van der Waals surface area contributed by atoms with Gasteiger partial charge in [0.2, 0.25) is 11.9 Å². The summed E-state index contributed by atoms with van der Waals surface area (Å²) in [7, 11) is 3.06. The maximum absolute atomic E-state index is 5.58. The number of hydrogen-bond acceptors (Lipinski definition) is 7. The lowest BCUT2D eigenvalue weighted by Gasteiger charge is -2.11. The molecule has 0 aliphatic heterocycles. The van der Waals surface area contributed by atoms with E-state index in [2.05, 4.69) is 20.3 Å². The second-order valence-electron chi connectivity index (χ2n) is 3.83. The molecule has 1 aromatic carbocycles. The fourth-order valence-corrected chi connectivity index (χ4v) is 1.56. The molecule has 0 amide bonds. The second-order valence-corrected chi connectivity index (χ2v) is 3.83. The average molecular weight is 261 g/mol. The summed E-state index contributed by atoms with van der Waals surface area (Å²) < 4.78 is 10.2. The van der Waals surface area contributed by atoms with Crippen LogP contribution in [0.4, 0.5) is 17.6 Å². The number of benzene rings is 1. The summed E-state index contributed by atoms with van der Waals surface area (Å²) in [6.45, 7) is 1.98. The van der Waals surface area contributed by atoms with Crippen molar-refractivity contribution in [2.24, 2.45) is 0 Å². The van der Waals surface area contributed by atoms with Crippen LogP contribution in [0.25, 0.3) is 0 Å². The van der Waals surface area contributed by atoms with Gasteiger partial charge in [0.1, 0.15) is 5.75 Å². The first-order valence-electron chi connectivity index (χ1n) is 5.59. The van der Waals surface area contributed by atoms with Gasteiger partial charge in [0, 0.05) is 0 Å². The molecule has 3 N–H and O–H groups in total. The highest BCUT2D eigenvalue weighted by molar-refractivity contribution is 5.64. The van der Waals surface area contributed by atoms with Crippen molar-refractivity contribution in [3.05, 3.63) is 23.8 Å².